The number of ether oxygens (including phenoxy) is 1. The Kier molecular flexibility index (Phi) is 4.48. The summed E-state index contributed by atoms with van der Waals surface area (Å²) in [6.07, 6.45) is -2.96. The second kappa shape index (κ2) is 5.65. The van der Waals surface area contributed by atoms with Gasteiger partial charge in [-0.2, -0.15) is 0 Å². The van der Waals surface area contributed by atoms with Crippen LogP contribution in [-0.4, -0.2) is 34.5 Å². The Labute approximate surface area is 99.3 Å². The van der Waals surface area contributed by atoms with Crippen molar-refractivity contribution >= 4 is 5.97 Å². The Morgan fingerprint density at radius 2 is 2.06 bits per heavy atom. The molecule has 0 aliphatic carbocycles. The number of benzene rings is 1. The number of phenols is 1. The quantitative estimate of drug-likeness (QED) is 0.673. The smallest absolute Gasteiger partial charge is 0.308 e. The predicted octanol–water partition coefficient (Wildman–Crippen LogP) is 0.658. The molecule has 0 spiro atoms. The molecule has 0 radical (unpaired) electrons. The minimum atomic E-state index is -1.32. The lowest BCUT2D eigenvalue weighted by Gasteiger charge is -2.19. The molecule has 0 heterocycles. The van der Waals surface area contributed by atoms with Crippen LogP contribution < -0.4 is 0 Å². The molecule has 0 amide bonds. The number of aromatic hydroxyl groups is 1. The number of esters is 1. The topological polar surface area (TPSA) is 87.0 Å². The Bertz CT molecular complexity index is 382. The number of hydrogen-bond acceptors (Lipinski definition) is 5. The standard InChI is InChI=1S/C12H16O5/c1-7-4-3-5-8(13)11(7)12(16)9(14)6-10(15)17-2/h3-5,9,12-14,16H,6H2,1-2H3. The van der Waals surface area contributed by atoms with Crippen LogP contribution >= 0.6 is 0 Å². The Morgan fingerprint density at radius 1 is 1.41 bits per heavy atom. The molecule has 0 saturated heterocycles. The molecule has 0 fully saturated rings. The summed E-state index contributed by atoms with van der Waals surface area (Å²) in [5, 5.41) is 29.2. The summed E-state index contributed by atoms with van der Waals surface area (Å²) >= 11 is 0. The minimum absolute atomic E-state index is 0.110. The molecule has 0 aliphatic heterocycles. The fraction of sp³-hybridized carbons (Fsp3) is 0.417. The molecule has 1 rings (SSSR count). The highest BCUT2D eigenvalue weighted by molar-refractivity contribution is 5.69. The molecule has 0 aromatic heterocycles. The van der Waals surface area contributed by atoms with Gasteiger partial charge in [0, 0.05) is 5.56 Å². The zero-order valence-electron chi connectivity index (χ0n) is 9.75. The Morgan fingerprint density at radius 3 is 2.59 bits per heavy atom. The zero-order chi connectivity index (χ0) is 13.0. The summed E-state index contributed by atoms with van der Waals surface area (Å²) in [5.74, 6) is -0.731. The van der Waals surface area contributed by atoms with Crippen molar-refractivity contribution in [3.8, 4) is 5.75 Å². The maximum absolute atomic E-state index is 11.0. The number of aryl methyl sites for hydroxylation is 1. The average molecular weight is 240 g/mol. The van der Waals surface area contributed by atoms with Gasteiger partial charge in [0.15, 0.2) is 0 Å². The average Bonchev–Trinajstić information content (AvgIpc) is 2.28. The van der Waals surface area contributed by atoms with Crippen molar-refractivity contribution in [3.05, 3.63) is 29.3 Å². The number of rotatable bonds is 4. The van der Waals surface area contributed by atoms with Gasteiger partial charge in [-0.3, -0.25) is 4.79 Å². The van der Waals surface area contributed by atoms with Crippen LogP contribution in [0.15, 0.2) is 18.2 Å². The highest BCUT2D eigenvalue weighted by atomic mass is 16.5. The van der Waals surface area contributed by atoms with E-state index < -0.39 is 18.2 Å². The van der Waals surface area contributed by atoms with Crippen LogP contribution in [0.2, 0.25) is 0 Å². The number of hydrogen-bond donors (Lipinski definition) is 3. The normalized spacial score (nSPS) is 14.1. The second-order valence-electron chi connectivity index (χ2n) is 3.80. The van der Waals surface area contributed by atoms with Gasteiger partial charge in [-0.1, -0.05) is 12.1 Å². The van der Waals surface area contributed by atoms with E-state index in [1.807, 2.05) is 0 Å². The van der Waals surface area contributed by atoms with E-state index in [0.29, 0.717) is 5.56 Å². The van der Waals surface area contributed by atoms with Gasteiger partial charge in [0.05, 0.1) is 19.6 Å². The molecule has 94 valence electrons. The summed E-state index contributed by atoms with van der Waals surface area (Å²) in [5.41, 5.74) is 0.866. The molecule has 0 saturated carbocycles. The largest absolute Gasteiger partial charge is 0.508 e. The van der Waals surface area contributed by atoms with E-state index >= 15 is 0 Å². The first-order valence-electron chi connectivity index (χ1n) is 5.18. The van der Waals surface area contributed by atoms with E-state index in [-0.39, 0.29) is 17.7 Å². The van der Waals surface area contributed by atoms with Gasteiger partial charge in [0.2, 0.25) is 0 Å². The highest BCUT2D eigenvalue weighted by Crippen LogP contribution is 2.30. The highest BCUT2D eigenvalue weighted by Gasteiger charge is 2.25. The molecule has 1 aromatic carbocycles. The van der Waals surface area contributed by atoms with Crippen LogP contribution in [-0.2, 0) is 9.53 Å². The van der Waals surface area contributed by atoms with Crippen molar-refractivity contribution in [2.45, 2.75) is 25.6 Å². The van der Waals surface area contributed by atoms with Gasteiger partial charge in [0.1, 0.15) is 11.9 Å². The Hall–Kier alpha value is -1.59. The predicted molar refractivity (Wildman–Crippen MR) is 60.4 cm³/mol. The molecule has 2 unspecified atom stereocenters. The first-order valence-corrected chi connectivity index (χ1v) is 5.18. The van der Waals surface area contributed by atoms with E-state index in [9.17, 15) is 20.1 Å². The number of phenolic OH excluding ortho intramolecular Hbond substituents is 1. The minimum Gasteiger partial charge on any atom is -0.508 e. The van der Waals surface area contributed by atoms with Crippen LogP contribution in [0.3, 0.4) is 0 Å². The van der Waals surface area contributed by atoms with Crippen molar-refractivity contribution in [3.63, 3.8) is 0 Å². The number of methoxy groups -OCH3 is 1. The molecular weight excluding hydrogens is 224 g/mol. The van der Waals surface area contributed by atoms with Gasteiger partial charge in [-0.15, -0.1) is 0 Å². The van der Waals surface area contributed by atoms with E-state index in [2.05, 4.69) is 4.74 Å². The van der Waals surface area contributed by atoms with E-state index in [4.69, 9.17) is 0 Å². The molecular formula is C12H16O5. The van der Waals surface area contributed by atoms with Crippen LogP contribution in [0.25, 0.3) is 0 Å². The Balaban J connectivity index is 2.88. The second-order valence-corrected chi connectivity index (χ2v) is 3.80. The first-order chi connectivity index (χ1) is 7.97. The van der Waals surface area contributed by atoms with Gasteiger partial charge in [-0.25, -0.2) is 0 Å². The van der Waals surface area contributed by atoms with Crippen molar-refractivity contribution in [2.75, 3.05) is 7.11 Å². The van der Waals surface area contributed by atoms with Crippen molar-refractivity contribution < 1.29 is 24.9 Å². The summed E-state index contributed by atoms with van der Waals surface area (Å²) in [7, 11) is 1.20. The van der Waals surface area contributed by atoms with E-state index in [0.717, 1.165) is 0 Å². The third-order valence-corrected chi connectivity index (χ3v) is 2.56. The van der Waals surface area contributed by atoms with Crippen LogP contribution in [0.1, 0.15) is 23.7 Å². The summed E-state index contributed by atoms with van der Waals surface area (Å²) in [6.45, 7) is 1.70. The molecule has 17 heavy (non-hydrogen) atoms. The van der Waals surface area contributed by atoms with Crippen molar-refractivity contribution in [2.24, 2.45) is 0 Å². The van der Waals surface area contributed by atoms with Crippen LogP contribution in [0, 0.1) is 6.92 Å². The molecule has 2 atom stereocenters. The molecule has 0 aliphatic rings. The number of aliphatic hydroxyl groups is 2. The summed E-state index contributed by atoms with van der Waals surface area (Å²) in [4.78, 5) is 11.0. The maximum Gasteiger partial charge on any atom is 0.308 e. The van der Waals surface area contributed by atoms with Gasteiger partial charge < -0.3 is 20.1 Å². The van der Waals surface area contributed by atoms with E-state index in [1.165, 1.54) is 13.2 Å². The summed E-state index contributed by atoms with van der Waals surface area (Å²) < 4.78 is 4.39. The molecule has 1 aromatic rings. The molecule has 5 nitrogen and oxygen atoms in total. The summed E-state index contributed by atoms with van der Waals surface area (Å²) in [6, 6.07) is 4.74. The third-order valence-electron chi connectivity index (χ3n) is 2.56. The fourth-order valence-corrected chi connectivity index (χ4v) is 1.61. The first kappa shape index (κ1) is 13.5. The van der Waals surface area contributed by atoms with E-state index in [1.54, 1.807) is 19.1 Å². The molecule has 0 bridgehead atoms. The number of aliphatic hydroxyl groups excluding tert-OH is 2. The van der Waals surface area contributed by atoms with Gasteiger partial charge >= 0.3 is 5.97 Å². The molecule has 3 N–H and O–H groups in total. The van der Waals surface area contributed by atoms with Crippen LogP contribution in [0.4, 0.5) is 0 Å². The van der Waals surface area contributed by atoms with Gasteiger partial charge in [-0.05, 0) is 18.6 Å². The number of carbonyl (C=O) groups excluding carboxylic acids is 1. The molecule has 5 heteroatoms. The van der Waals surface area contributed by atoms with Crippen molar-refractivity contribution in [1.29, 1.82) is 0 Å². The van der Waals surface area contributed by atoms with Crippen molar-refractivity contribution in [1.82, 2.24) is 0 Å². The van der Waals surface area contributed by atoms with Crippen LogP contribution in [0.5, 0.6) is 5.75 Å². The SMILES string of the molecule is COC(=O)CC(O)C(O)c1c(C)cccc1O. The number of carbonyl (C=O) groups is 1. The zero-order valence-corrected chi connectivity index (χ0v) is 9.75. The van der Waals surface area contributed by atoms with Gasteiger partial charge in [0.25, 0.3) is 0 Å². The lowest BCUT2D eigenvalue weighted by atomic mass is 9.97. The fourth-order valence-electron chi connectivity index (χ4n) is 1.61. The maximum atomic E-state index is 11.0. The third kappa shape index (κ3) is 3.18. The lowest BCUT2D eigenvalue weighted by molar-refractivity contribution is -0.144. The monoisotopic (exact) mass is 240 g/mol. The lowest BCUT2D eigenvalue weighted by Crippen LogP contribution is -2.23.